The van der Waals surface area contributed by atoms with Crippen LogP contribution >= 0.6 is 0 Å². The minimum absolute atomic E-state index is 0.225. The molecule has 140 valence electrons. The molecule has 2 saturated heterocycles. The molecule has 26 heavy (non-hydrogen) atoms. The zero-order chi connectivity index (χ0) is 18.1. The standard InChI is InChI=1S/C22H31N3O/c1-3-16-5-4-6-19-20(14-24-21(16)19)17-8-11-25(12-9-17)22(26)18-7-10-23-15(2)13-18/h4-6,14-15,17-18,23-24H,3,7-13H2,1-2H3/t15-,18-/m0/s1. The van der Waals surface area contributed by atoms with Gasteiger partial charge in [0, 0.05) is 42.1 Å². The number of hydrogen-bond acceptors (Lipinski definition) is 2. The highest BCUT2D eigenvalue weighted by molar-refractivity contribution is 5.86. The Kier molecular flexibility index (Phi) is 5.03. The number of carbonyl (C=O) groups is 1. The average Bonchev–Trinajstić information content (AvgIpc) is 3.12. The predicted molar refractivity (Wildman–Crippen MR) is 106 cm³/mol. The van der Waals surface area contributed by atoms with Crippen LogP contribution < -0.4 is 5.32 Å². The molecule has 2 N–H and O–H groups in total. The van der Waals surface area contributed by atoms with Crippen molar-refractivity contribution in [1.29, 1.82) is 0 Å². The summed E-state index contributed by atoms with van der Waals surface area (Å²) in [5.41, 5.74) is 4.13. The lowest BCUT2D eigenvalue weighted by Crippen LogP contribution is -2.46. The maximum atomic E-state index is 12.9. The van der Waals surface area contributed by atoms with E-state index in [1.54, 1.807) is 0 Å². The van der Waals surface area contributed by atoms with Crippen LogP contribution in [0, 0.1) is 5.92 Å². The van der Waals surface area contributed by atoms with Crippen molar-refractivity contribution in [2.24, 2.45) is 5.92 Å². The second-order valence-corrected chi connectivity index (χ2v) is 8.11. The van der Waals surface area contributed by atoms with E-state index in [0.717, 1.165) is 51.7 Å². The first-order valence-electron chi connectivity index (χ1n) is 10.3. The highest BCUT2D eigenvalue weighted by Crippen LogP contribution is 2.35. The Labute approximate surface area is 156 Å². The van der Waals surface area contributed by atoms with Gasteiger partial charge in [-0.05, 0) is 62.6 Å². The molecule has 1 aromatic carbocycles. The fraction of sp³-hybridized carbons (Fsp3) is 0.591. The second-order valence-electron chi connectivity index (χ2n) is 8.11. The van der Waals surface area contributed by atoms with Crippen molar-refractivity contribution in [3.05, 3.63) is 35.5 Å². The monoisotopic (exact) mass is 353 g/mol. The van der Waals surface area contributed by atoms with Gasteiger partial charge in [-0.1, -0.05) is 25.1 Å². The van der Waals surface area contributed by atoms with Crippen molar-refractivity contribution in [2.75, 3.05) is 19.6 Å². The summed E-state index contributed by atoms with van der Waals surface area (Å²) >= 11 is 0. The first-order chi connectivity index (χ1) is 12.7. The number of nitrogens with zero attached hydrogens (tertiary/aromatic N) is 1. The maximum absolute atomic E-state index is 12.9. The fourth-order valence-corrected chi connectivity index (χ4v) is 4.90. The van der Waals surface area contributed by atoms with Gasteiger partial charge in [-0.25, -0.2) is 0 Å². The number of hydrogen-bond donors (Lipinski definition) is 2. The van der Waals surface area contributed by atoms with Crippen LogP contribution in [0.3, 0.4) is 0 Å². The number of fused-ring (bicyclic) bond motifs is 1. The Morgan fingerprint density at radius 2 is 2.04 bits per heavy atom. The molecule has 3 heterocycles. The highest BCUT2D eigenvalue weighted by atomic mass is 16.2. The van der Waals surface area contributed by atoms with Crippen molar-refractivity contribution >= 4 is 16.8 Å². The predicted octanol–water partition coefficient (Wildman–Crippen LogP) is 3.82. The van der Waals surface area contributed by atoms with Crippen molar-refractivity contribution in [3.63, 3.8) is 0 Å². The molecule has 0 bridgehead atoms. The van der Waals surface area contributed by atoms with Crippen LogP contribution in [-0.2, 0) is 11.2 Å². The summed E-state index contributed by atoms with van der Waals surface area (Å²) in [4.78, 5) is 18.5. The molecular formula is C22H31N3O. The summed E-state index contributed by atoms with van der Waals surface area (Å²) in [6, 6.07) is 7.10. The molecule has 0 unspecified atom stereocenters. The van der Waals surface area contributed by atoms with Gasteiger partial charge in [0.2, 0.25) is 5.91 Å². The number of aromatic amines is 1. The molecule has 1 aromatic heterocycles. The number of aromatic nitrogens is 1. The normalized spacial score (nSPS) is 24.9. The molecule has 0 radical (unpaired) electrons. The lowest BCUT2D eigenvalue weighted by molar-refractivity contribution is -0.137. The maximum Gasteiger partial charge on any atom is 0.225 e. The summed E-state index contributed by atoms with van der Waals surface area (Å²) in [6.45, 7) is 7.18. The topological polar surface area (TPSA) is 48.1 Å². The molecule has 4 rings (SSSR count). The molecule has 1 amide bonds. The summed E-state index contributed by atoms with van der Waals surface area (Å²) in [5, 5.41) is 4.82. The van der Waals surface area contributed by atoms with E-state index in [9.17, 15) is 4.79 Å². The molecule has 0 spiro atoms. The summed E-state index contributed by atoms with van der Waals surface area (Å²) in [7, 11) is 0. The Morgan fingerprint density at radius 1 is 1.23 bits per heavy atom. The number of para-hydroxylation sites is 1. The molecule has 4 nitrogen and oxygen atoms in total. The minimum Gasteiger partial charge on any atom is -0.361 e. The van der Waals surface area contributed by atoms with Crippen molar-refractivity contribution in [2.45, 2.75) is 57.9 Å². The number of likely N-dealkylation sites (tertiary alicyclic amines) is 1. The third kappa shape index (κ3) is 3.27. The van der Waals surface area contributed by atoms with E-state index >= 15 is 0 Å². The Morgan fingerprint density at radius 3 is 2.77 bits per heavy atom. The number of nitrogens with one attached hydrogen (secondary N) is 2. The Bertz CT molecular complexity index is 773. The number of carbonyl (C=O) groups excluding carboxylic acids is 1. The van der Waals surface area contributed by atoms with E-state index in [1.807, 2.05) is 0 Å². The Hall–Kier alpha value is -1.81. The van der Waals surface area contributed by atoms with E-state index in [0.29, 0.717) is 17.9 Å². The van der Waals surface area contributed by atoms with Gasteiger partial charge in [0.1, 0.15) is 0 Å². The lowest BCUT2D eigenvalue weighted by atomic mass is 9.87. The van der Waals surface area contributed by atoms with E-state index in [4.69, 9.17) is 0 Å². The lowest BCUT2D eigenvalue weighted by Gasteiger charge is -2.36. The van der Waals surface area contributed by atoms with Gasteiger partial charge >= 0.3 is 0 Å². The van der Waals surface area contributed by atoms with Crippen LogP contribution in [-0.4, -0.2) is 41.5 Å². The van der Waals surface area contributed by atoms with Crippen LogP contribution in [0.5, 0.6) is 0 Å². The molecule has 0 aliphatic carbocycles. The third-order valence-corrected chi connectivity index (χ3v) is 6.43. The number of H-pyrrole nitrogens is 1. The van der Waals surface area contributed by atoms with Crippen molar-refractivity contribution in [3.8, 4) is 0 Å². The molecule has 4 heteroatoms. The number of benzene rings is 1. The minimum atomic E-state index is 0.225. The molecule has 2 aliphatic heterocycles. The first kappa shape index (κ1) is 17.6. The van der Waals surface area contributed by atoms with E-state index < -0.39 is 0 Å². The van der Waals surface area contributed by atoms with Gasteiger partial charge in [-0.3, -0.25) is 4.79 Å². The van der Waals surface area contributed by atoms with E-state index in [-0.39, 0.29) is 5.92 Å². The second kappa shape index (κ2) is 7.43. The van der Waals surface area contributed by atoms with Gasteiger partial charge in [0.25, 0.3) is 0 Å². The largest absolute Gasteiger partial charge is 0.361 e. The summed E-state index contributed by atoms with van der Waals surface area (Å²) in [5.74, 6) is 1.18. The quantitative estimate of drug-likeness (QED) is 0.881. The molecule has 2 fully saturated rings. The van der Waals surface area contributed by atoms with E-state index in [2.05, 4.69) is 53.4 Å². The average molecular weight is 354 g/mol. The Balaban J connectivity index is 1.43. The summed E-state index contributed by atoms with van der Waals surface area (Å²) < 4.78 is 0. The molecular weight excluding hydrogens is 322 g/mol. The molecule has 2 aromatic rings. The van der Waals surface area contributed by atoms with Gasteiger partial charge < -0.3 is 15.2 Å². The van der Waals surface area contributed by atoms with Gasteiger partial charge in [0.15, 0.2) is 0 Å². The van der Waals surface area contributed by atoms with Crippen LogP contribution in [0.2, 0.25) is 0 Å². The number of amides is 1. The summed E-state index contributed by atoms with van der Waals surface area (Å²) in [6.07, 6.45) is 7.40. The zero-order valence-electron chi connectivity index (χ0n) is 16.1. The molecule has 2 atom stereocenters. The SMILES string of the molecule is CCc1cccc2c(C3CCN(C(=O)[C@H]4CCN[C@@H](C)C4)CC3)c[nH]c12. The fourth-order valence-electron chi connectivity index (χ4n) is 4.90. The van der Waals surface area contributed by atoms with E-state index in [1.165, 1.54) is 22.0 Å². The smallest absolute Gasteiger partial charge is 0.225 e. The number of piperidine rings is 2. The zero-order valence-corrected chi connectivity index (χ0v) is 16.1. The van der Waals surface area contributed by atoms with Crippen molar-refractivity contribution in [1.82, 2.24) is 15.2 Å². The van der Waals surface area contributed by atoms with Crippen LogP contribution in [0.1, 0.15) is 56.6 Å². The van der Waals surface area contributed by atoms with Crippen LogP contribution in [0.4, 0.5) is 0 Å². The van der Waals surface area contributed by atoms with Gasteiger partial charge in [-0.2, -0.15) is 0 Å². The highest BCUT2D eigenvalue weighted by Gasteiger charge is 2.31. The van der Waals surface area contributed by atoms with Gasteiger partial charge in [0.05, 0.1) is 0 Å². The van der Waals surface area contributed by atoms with Gasteiger partial charge in [-0.15, -0.1) is 0 Å². The molecule has 0 saturated carbocycles. The van der Waals surface area contributed by atoms with Crippen LogP contribution in [0.25, 0.3) is 10.9 Å². The van der Waals surface area contributed by atoms with Crippen molar-refractivity contribution < 1.29 is 4.79 Å². The molecule has 2 aliphatic rings. The first-order valence-corrected chi connectivity index (χ1v) is 10.3. The third-order valence-electron chi connectivity index (χ3n) is 6.43. The number of rotatable bonds is 3. The van der Waals surface area contributed by atoms with Crippen LogP contribution in [0.15, 0.2) is 24.4 Å². The number of aryl methyl sites for hydroxylation is 1.